The Morgan fingerprint density at radius 2 is 1.79 bits per heavy atom. The van der Waals surface area contributed by atoms with Crippen molar-refractivity contribution in [1.29, 1.82) is 0 Å². The van der Waals surface area contributed by atoms with Gasteiger partial charge in [0.2, 0.25) is 0 Å². The molecule has 0 spiro atoms. The lowest BCUT2D eigenvalue weighted by atomic mass is 10.1. The van der Waals surface area contributed by atoms with E-state index in [1.807, 2.05) is 18.2 Å². The zero-order chi connectivity index (χ0) is 21.2. The Labute approximate surface area is 174 Å². The van der Waals surface area contributed by atoms with Crippen LogP contribution in [0.4, 0.5) is 13.2 Å². The number of benzene rings is 2. The smallest absolute Gasteiger partial charge is 0.416 e. The first-order valence-corrected chi connectivity index (χ1v) is 9.69. The normalized spacial score (nSPS) is 12.0. The number of alkyl halides is 3. The van der Waals surface area contributed by atoms with E-state index >= 15 is 0 Å². The van der Waals surface area contributed by atoms with Crippen LogP contribution >= 0.6 is 15.9 Å². The number of H-pyrrole nitrogens is 1. The van der Waals surface area contributed by atoms with E-state index in [4.69, 9.17) is 9.47 Å². The van der Waals surface area contributed by atoms with Gasteiger partial charge < -0.3 is 14.5 Å². The van der Waals surface area contributed by atoms with Crippen LogP contribution in [0.3, 0.4) is 0 Å². The maximum Gasteiger partial charge on any atom is 0.416 e. The molecule has 0 unspecified atom stereocenters. The van der Waals surface area contributed by atoms with E-state index in [1.54, 1.807) is 13.8 Å². The fourth-order valence-electron chi connectivity index (χ4n) is 2.89. The minimum absolute atomic E-state index is 0.102. The van der Waals surface area contributed by atoms with E-state index in [-0.39, 0.29) is 19.3 Å². The second-order valence-corrected chi connectivity index (χ2v) is 7.73. The van der Waals surface area contributed by atoms with Gasteiger partial charge in [0, 0.05) is 20.9 Å². The molecule has 1 heterocycles. The van der Waals surface area contributed by atoms with Gasteiger partial charge in [0.25, 0.3) is 0 Å². The van der Waals surface area contributed by atoms with Crippen molar-refractivity contribution in [2.45, 2.75) is 39.3 Å². The van der Waals surface area contributed by atoms with Crippen LogP contribution in [0.2, 0.25) is 0 Å². The Balaban J connectivity index is 1.79. The maximum absolute atomic E-state index is 12.7. The molecule has 3 rings (SSSR count). The molecule has 3 aromatic rings. The first-order valence-electron chi connectivity index (χ1n) is 8.90. The Morgan fingerprint density at radius 1 is 1.10 bits per heavy atom. The standard InChI is InChI=1S/C21H19BrF3NO3/c1-12(2)29-20(27)19-17(16-8-7-15(22)9-18(16)26-19)11-28-10-13-3-5-14(6-4-13)21(23,24)25/h3-9,12,26H,10-11H2,1-2H3. The lowest BCUT2D eigenvalue weighted by Gasteiger charge is -2.10. The molecule has 2 aromatic carbocycles. The van der Waals surface area contributed by atoms with Crippen LogP contribution in [0.1, 0.15) is 41.0 Å². The Morgan fingerprint density at radius 3 is 2.41 bits per heavy atom. The number of hydrogen-bond donors (Lipinski definition) is 1. The van der Waals surface area contributed by atoms with Gasteiger partial charge in [-0.1, -0.05) is 34.1 Å². The molecular formula is C21H19BrF3NO3. The summed E-state index contributed by atoms with van der Waals surface area (Å²) in [5.41, 5.74) is 1.60. The number of halogens is 4. The number of ether oxygens (including phenoxy) is 2. The number of hydrogen-bond acceptors (Lipinski definition) is 3. The number of carbonyl (C=O) groups excluding carboxylic acids is 1. The zero-order valence-corrected chi connectivity index (χ0v) is 17.4. The van der Waals surface area contributed by atoms with Gasteiger partial charge in [0.05, 0.1) is 24.9 Å². The molecule has 0 aliphatic rings. The first kappa shape index (κ1) is 21.4. The quantitative estimate of drug-likeness (QED) is 0.435. The van der Waals surface area contributed by atoms with Gasteiger partial charge in [-0.05, 0) is 43.7 Å². The van der Waals surface area contributed by atoms with Crippen molar-refractivity contribution in [3.63, 3.8) is 0 Å². The molecule has 4 nitrogen and oxygen atoms in total. The van der Waals surface area contributed by atoms with Gasteiger partial charge in [0.1, 0.15) is 5.69 Å². The second-order valence-electron chi connectivity index (χ2n) is 6.81. The number of nitrogens with one attached hydrogen (secondary N) is 1. The van der Waals surface area contributed by atoms with Crippen molar-refractivity contribution in [3.8, 4) is 0 Å². The van der Waals surface area contributed by atoms with Crippen LogP contribution < -0.4 is 0 Å². The lowest BCUT2D eigenvalue weighted by Crippen LogP contribution is -2.14. The van der Waals surface area contributed by atoms with Crippen molar-refractivity contribution in [2.24, 2.45) is 0 Å². The molecule has 0 bridgehead atoms. The predicted molar refractivity (Wildman–Crippen MR) is 106 cm³/mol. The monoisotopic (exact) mass is 469 g/mol. The number of aromatic nitrogens is 1. The third-order valence-corrected chi connectivity index (χ3v) is 4.70. The van der Waals surface area contributed by atoms with E-state index in [0.29, 0.717) is 16.8 Å². The van der Waals surface area contributed by atoms with Crippen molar-refractivity contribution < 1.29 is 27.4 Å². The van der Waals surface area contributed by atoms with Crippen LogP contribution in [0.5, 0.6) is 0 Å². The summed E-state index contributed by atoms with van der Waals surface area (Å²) in [6.45, 7) is 3.74. The molecule has 0 saturated heterocycles. The van der Waals surface area contributed by atoms with Crippen LogP contribution in [0, 0.1) is 0 Å². The highest BCUT2D eigenvalue weighted by molar-refractivity contribution is 9.10. The molecule has 0 atom stereocenters. The molecule has 1 N–H and O–H groups in total. The average molecular weight is 470 g/mol. The van der Waals surface area contributed by atoms with E-state index in [2.05, 4.69) is 20.9 Å². The molecule has 0 radical (unpaired) electrons. The number of carbonyl (C=O) groups is 1. The Bertz CT molecular complexity index is 1010. The average Bonchev–Trinajstić information content (AvgIpc) is 2.99. The summed E-state index contributed by atoms with van der Waals surface area (Å²) in [4.78, 5) is 15.5. The molecule has 0 fully saturated rings. The number of esters is 1. The highest BCUT2D eigenvalue weighted by atomic mass is 79.9. The summed E-state index contributed by atoms with van der Waals surface area (Å²) >= 11 is 3.40. The fourth-order valence-corrected chi connectivity index (χ4v) is 3.25. The molecule has 1 aromatic heterocycles. The predicted octanol–water partition coefficient (Wildman–Crippen LogP) is 6.23. The Kier molecular flexibility index (Phi) is 6.33. The van der Waals surface area contributed by atoms with Crippen molar-refractivity contribution in [1.82, 2.24) is 4.98 Å². The van der Waals surface area contributed by atoms with Crippen LogP contribution in [0.15, 0.2) is 46.9 Å². The summed E-state index contributed by atoms with van der Waals surface area (Å²) < 4.78 is 49.8. The van der Waals surface area contributed by atoms with Gasteiger partial charge >= 0.3 is 12.1 Å². The molecule has 29 heavy (non-hydrogen) atoms. The molecular weight excluding hydrogens is 451 g/mol. The van der Waals surface area contributed by atoms with E-state index in [1.165, 1.54) is 12.1 Å². The lowest BCUT2D eigenvalue weighted by molar-refractivity contribution is -0.137. The van der Waals surface area contributed by atoms with E-state index in [9.17, 15) is 18.0 Å². The van der Waals surface area contributed by atoms with E-state index < -0.39 is 17.7 Å². The maximum atomic E-state index is 12.7. The molecule has 0 aliphatic carbocycles. The third kappa shape index (κ3) is 5.19. The van der Waals surface area contributed by atoms with Crippen molar-refractivity contribution >= 4 is 32.8 Å². The molecule has 0 saturated carbocycles. The zero-order valence-electron chi connectivity index (χ0n) is 15.8. The summed E-state index contributed by atoms with van der Waals surface area (Å²) in [6.07, 6.45) is -4.65. The highest BCUT2D eigenvalue weighted by Gasteiger charge is 2.29. The van der Waals surface area contributed by atoms with Gasteiger partial charge in [-0.3, -0.25) is 0 Å². The van der Waals surface area contributed by atoms with Crippen LogP contribution in [-0.2, 0) is 28.9 Å². The molecule has 0 aliphatic heterocycles. The van der Waals surface area contributed by atoms with Crippen LogP contribution in [-0.4, -0.2) is 17.1 Å². The van der Waals surface area contributed by atoms with Gasteiger partial charge in [-0.15, -0.1) is 0 Å². The van der Waals surface area contributed by atoms with Crippen LogP contribution in [0.25, 0.3) is 10.9 Å². The SMILES string of the molecule is CC(C)OC(=O)c1[nH]c2cc(Br)ccc2c1COCc1ccc(C(F)(F)F)cc1. The van der Waals surface area contributed by atoms with Crippen molar-refractivity contribution in [3.05, 3.63) is 69.3 Å². The highest BCUT2D eigenvalue weighted by Crippen LogP contribution is 2.30. The summed E-state index contributed by atoms with van der Waals surface area (Å²) in [5.74, 6) is -0.486. The second kappa shape index (κ2) is 8.59. The minimum Gasteiger partial charge on any atom is -0.458 e. The van der Waals surface area contributed by atoms with Crippen molar-refractivity contribution in [2.75, 3.05) is 0 Å². The molecule has 0 amide bonds. The number of aromatic amines is 1. The van der Waals surface area contributed by atoms with E-state index in [0.717, 1.165) is 27.5 Å². The summed E-state index contributed by atoms with van der Waals surface area (Å²) in [5, 5.41) is 0.816. The summed E-state index contributed by atoms with van der Waals surface area (Å²) in [6, 6.07) is 10.4. The molecule has 8 heteroatoms. The third-order valence-electron chi connectivity index (χ3n) is 4.21. The van der Waals surface area contributed by atoms with Gasteiger partial charge in [-0.25, -0.2) is 4.79 Å². The minimum atomic E-state index is -4.37. The topological polar surface area (TPSA) is 51.3 Å². The van der Waals surface area contributed by atoms with Gasteiger partial charge in [0.15, 0.2) is 0 Å². The summed E-state index contributed by atoms with van der Waals surface area (Å²) in [7, 11) is 0. The molecule has 154 valence electrons. The fraction of sp³-hybridized carbons (Fsp3) is 0.286. The number of rotatable bonds is 6. The van der Waals surface area contributed by atoms with Gasteiger partial charge in [-0.2, -0.15) is 13.2 Å². The first-order chi connectivity index (χ1) is 13.6. The largest absolute Gasteiger partial charge is 0.458 e. The number of fused-ring (bicyclic) bond motifs is 1. The Hall–Kier alpha value is -2.32.